The van der Waals surface area contributed by atoms with Crippen molar-refractivity contribution in [1.82, 2.24) is 9.55 Å². The average Bonchev–Trinajstić information content (AvgIpc) is 2.97. The zero-order valence-electron chi connectivity index (χ0n) is 12.5. The van der Waals surface area contributed by atoms with Crippen LogP contribution < -0.4 is 10.3 Å². The van der Waals surface area contributed by atoms with Gasteiger partial charge in [-0.25, -0.2) is 4.98 Å². The van der Waals surface area contributed by atoms with Crippen molar-refractivity contribution in [3.8, 4) is 5.75 Å². The van der Waals surface area contributed by atoms with Crippen LogP contribution in [0.2, 0.25) is 0 Å². The van der Waals surface area contributed by atoms with Gasteiger partial charge in [0.1, 0.15) is 10.6 Å². The third kappa shape index (κ3) is 2.29. The maximum absolute atomic E-state index is 12.9. The van der Waals surface area contributed by atoms with Crippen molar-refractivity contribution in [1.29, 1.82) is 0 Å². The molecule has 0 atom stereocenters. The van der Waals surface area contributed by atoms with E-state index < -0.39 is 0 Å². The molecule has 0 radical (unpaired) electrons. The van der Waals surface area contributed by atoms with Gasteiger partial charge in [0, 0.05) is 15.6 Å². The van der Waals surface area contributed by atoms with Gasteiger partial charge in [0.05, 0.1) is 25.4 Å². The van der Waals surface area contributed by atoms with Crippen LogP contribution >= 0.6 is 11.3 Å². The molecule has 0 spiro atoms. The van der Waals surface area contributed by atoms with Crippen LogP contribution in [0.3, 0.4) is 0 Å². The Kier molecular flexibility index (Phi) is 3.35. The summed E-state index contributed by atoms with van der Waals surface area (Å²) in [7, 11) is 1.63. The van der Waals surface area contributed by atoms with Gasteiger partial charge < -0.3 is 4.74 Å². The monoisotopic (exact) mass is 322 g/mol. The highest BCUT2D eigenvalue weighted by Gasteiger charge is 2.12. The van der Waals surface area contributed by atoms with Crippen LogP contribution in [0.1, 0.15) is 5.56 Å². The van der Waals surface area contributed by atoms with Gasteiger partial charge >= 0.3 is 0 Å². The average molecular weight is 322 g/mol. The Morgan fingerprint density at radius 2 is 1.91 bits per heavy atom. The molecule has 114 valence electrons. The SMILES string of the molecule is COc1ccccc1Cn1cnc2sc3ccccc3c2c1=O. The number of rotatable bonds is 3. The number of aromatic nitrogens is 2. The molecule has 4 rings (SSSR count). The molecule has 2 aromatic heterocycles. The largest absolute Gasteiger partial charge is 0.496 e. The molecule has 0 bridgehead atoms. The zero-order valence-corrected chi connectivity index (χ0v) is 13.3. The standard InChI is InChI=1S/C18H14N2O2S/c1-22-14-8-4-2-6-12(14)10-20-11-19-17-16(18(20)21)13-7-3-5-9-15(13)23-17/h2-9,11H,10H2,1H3. The molecule has 0 unspecified atom stereocenters. The highest BCUT2D eigenvalue weighted by molar-refractivity contribution is 7.25. The van der Waals surface area contributed by atoms with E-state index in [1.54, 1.807) is 29.3 Å². The lowest BCUT2D eigenvalue weighted by Crippen LogP contribution is -2.20. The lowest BCUT2D eigenvalue weighted by Gasteiger charge is -2.09. The van der Waals surface area contributed by atoms with Crippen molar-refractivity contribution in [3.05, 3.63) is 70.8 Å². The molecule has 0 fully saturated rings. The van der Waals surface area contributed by atoms with Crippen LogP contribution in [0, 0.1) is 0 Å². The summed E-state index contributed by atoms with van der Waals surface area (Å²) < 4.78 is 8.09. The van der Waals surface area contributed by atoms with Gasteiger partial charge in [0.15, 0.2) is 0 Å². The summed E-state index contributed by atoms with van der Waals surface area (Å²) in [5.74, 6) is 0.773. The van der Waals surface area contributed by atoms with E-state index in [1.165, 1.54) is 0 Å². The fraction of sp³-hybridized carbons (Fsp3) is 0.111. The molecular weight excluding hydrogens is 308 g/mol. The first-order chi connectivity index (χ1) is 11.3. The van der Waals surface area contributed by atoms with Crippen molar-refractivity contribution in [3.63, 3.8) is 0 Å². The normalized spacial score (nSPS) is 11.2. The fourth-order valence-electron chi connectivity index (χ4n) is 2.78. The van der Waals surface area contributed by atoms with Crippen LogP contribution in [0.25, 0.3) is 20.3 Å². The summed E-state index contributed by atoms with van der Waals surface area (Å²) in [6.45, 7) is 0.440. The first-order valence-electron chi connectivity index (χ1n) is 7.26. The molecule has 23 heavy (non-hydrogen) atoms. The first kappa shape index (κ1) is 14.0. The molecule has 2 heterocycles. The van der Waals surface area contributed by atoms with E-state index in [4.69, 9.17) is 4.74 Å². The van der Waals surface area contributed by atoms with Crippen molar-refractivity contribution in [2.24, 2.45) is 0 Å². The zero-order chi connectivity index (χ0) is 15.8. The molecule has 0 saturated carbocycles. The van der Waals surface area contributed by atoms with Crippen molar-refractivity contribution in [2.75, 3.05) is 7.11 Å². The van der Waals surface area contributed by atoms with Crippen LogP contribution in [0.15, 0.2) is 59.7 Å². The van der Waals surface area contributed by atoms with E-state index in [-0.39, 0.29) is 5.56 Å². The van der Waals surface area contributed by atoms with Gasteiger partial charge in [-0.1, -0.05) is 36.4 Å². The van der Waals surface area contributed by atoms with Crippen LogP contribution in [0.4, 0.5) is 0 Å². The Morgan fingerprint density at radius 1 is 1.13 bits per heavy atom. The number of hydrogen-bond acceptors (Lipinski definition) is 4. The second kappa shape index (κ2) is 5.52. The third-order valence-electron chi connectivity index (χ3n) is 3.90. The number of fused-ring (bicyclic) bond motifs is 3. The lowest BCUT2D eigenvalue weighted by molar-refractivity contribution is 0.408. The molecule has 0 aliphatic heterocycles. The van der Waals surface area contributed by atoms with E-state index in [0.717, 1.165) is 26.2 Å². The van der Waals surface area contributed by atoms with E-state index in [9.17, 15) is 4.79 Å². The Bertz CT molecular complexity index is 1070. The highest BCUT2D eigenvalue weighted by atomic mass is 32.1. The third-order valence-corrected chi connectivity index (χ3v) is 4.98. The molecular formula is C18H14N2O2S. The Hall–Kier alpha value is -2.66. The second-order valence-corrected chi connectivity index (χ2v) is 6.30. The van der Waals surface area contributed by atoms with Gasteiger partial charge in [-0.05, 0) is 12.1 Å². The minimum absolute atomic E-state index is 0.0154. The number of para-hydroxylation sites is 1. The summed E-state index contributed by atoms with van der Waals surface area (Å²) in [5.41, 5.74) is 0.941. The maximum atomic E-state index is 12.9. The molecule has 2 aromatic carbocycles. The van der Waals surface area contributed by atoms with E-state index in [2.05, 4.69) is 4.98 Å². The summed E-state index contributed by atoms with van der Waals surface area (Å²) >= 11 is 1.55. The van der Waals surface area contributed by atoms with Crippen LogP contribution in [-0.2, 0) is 6.54 Å². The van der Waals surface area contributed by atoms with Crippen molar-refractivity contribution >= 4 is 31.6 Å². The summed E-state index contributed by atoms with van der Waals surface area (Å²) in [6, 6.07) is 15.6. The Balaban J connectivity index is 1.90. The van der Waals surface area contributed by atoms with Gasteiger partial charge in [0.25, 0.3) is 5.56 Å². The number of thiophene rings is 1. The summed E-state index contributed by atoms with van der Waals surface area (Å²) in [6.07, 6.45) is 1.62. The van der Waals surface area contributed by atoms with Crippen LogP contribution in [0.5, 0.6) is 5.75 Å². The molecule has 0 aliphatic carbocycles. The molecule has 0 amide bonds. The molecule has 0 aliphatic rings. The Morgan fingerprint density at radius 3 is 2.78 bits per heavy atom. The molecule has 0 N–H and O–H groups in total. The minimum Gasteiger partial charge on any atom is -0.496 e. The quantitative estimate of drug-likeness (QED) is 0.578. The van der Waals surface area contributed by atoms with Crippen molar-refractivity contribution < 1.29 is 4.74 Å². The number of nitrogens with zero attached hydrogens (tertiary/aromatic N) is 2. The van der Waals surface area contributed by atoms with Gasteiger partial charge in [-0.2, -0.15) is 0 Å². The topological polar surface area (TPSA) is 44.1 Å². The van der Waals surface area contributed by atoms with Gasteiger partial charge in [-0.3, -0.25) is 9.36 Å². The summed E-state index contributed by atoms with van der Waals surface area (Å²) in [4.78, 5) is 18.2. The molecule has 4 aromatic rings. The highest BCUT2D eigenvalue weighted by Crippen LogP contribution is 2.29. The van der Waals surface area contributed by atoms with E-state index >= 15 is 0 Å². The fourth-order valence-corrected chi connectivity index (χ4v) is 3.81. The lowest BCUT2D eigenvalue weighted by atomic mass is 10.2. The smallest absolute Gasteiger partial charge is 0.263 e. The number of ether oxygens (including phenoxy) is 1. The predicted molar refractivity (Wildman–Crippen MR) is 93.5 cm³/mol. The minimum atomic E-state index is -0.0154. The van der Waals surface area contributed by atoms with Crippen molar-refractivity contribution in [2.45, 2.75) is 6.54 Å². The number of methoxy groups -OCH3 is 1. The second-order valence-electron chi connectivity index (χ2n) is 5.27. The predicted octanol–water partition coefficient (Wildman–Crippen LogP) is 3.67. The first-order valence-corrected chi connectivity index (χ1v) is 8.08. The molecule has 0 saturated heterocycles. The van der Waals surface area contributed by atoms with Gasteiger partial charge in [0.2, 0.25) is 0 Å². The number of hydrogen-bond donors (Lipinski definition) is 0. The number of benzene rings is 2. The molecule has 4 nitrogen and oxygen atoms in total. The molecule has 5 heteroatoms. The van der Waals surface area contributed by atoms with Crippen LogP contribution in [-0.4, -0.2) is 16.7 Å². The summed E-state index contributed by atoms with van der Waals surface area (Å²) in [5, 5.41) is 1.67. The van der Waals surface area contributed by atoms with Gasteiger partial charge in [-0.15, -0.1) is 11.3 Å². The Labute approximate surface area is 136 Å². The van der Waals surface area contributed by atoms with E-state index in [0.29, 0.717) is 11.9 Å². The maximum Gasteiger partial charge on any atom is 0.263 e. The van der Waals surface area contributed by atoms with E-state index in [1.807, 2.05) is 48.5 Å².